The summed E-state index contributed by atoms with van der Waals surface area (Å²) in [6.45, 7) is 7.79. The first-order chi connectivity index (χ1) is 14.1. The summed E-state index contributed by atoms with van der Waals surface area (Å²) < 4.78 is 28.6. The summed E-state index contributed by atoms with van der Waals surface area (Å²) >= 11 is 0. The maximum Gasteiger partial charge on any atom is 0.268 e. The Bertz CT molecular complexity index is 1120. The SMILES string of the molecule is Cc1ccc(S(=O)(=O)N2C=C3CCCCC3(C(=O)C(C)(C)C)c3ccccc32)cc1. The monoisotopic (exact) mass is 423 g/mol. The van der Waals surface area contributed by atoms with Crippen molar-refractivity contribution in [2.24, 2.45) is 5.41 Å². The molecular formula is C25H29NO3S. The molecule has 0 radical (unpaired) electrons. The van der Waals surface area contributed by atoms with Gasteiger partial charge in [-0.1, -0.05) is 63.1 Å². The highest BCUT2D eigenvalue weighted by Gasteiger charge is 2.52. The number of allylic oxidation sites excluding steroid dienone is 1. The number of nitrogens with zero attached hydrogens (tertiary/aromatic N) is 1. The third kappa shape index (κ3) is 3.11. The van der Waals surface area contributed by atoms with Crippen molar-refractivity contribution in [1.82, 2.24) is 0 Å². The van der Waals surface area contributed by atoms with Crippen LogP contribution in [0, 0.1) is 12.3 Å². The van der Waals surface area contributed by atoms with E-state index in [0.29, 0.717) is 5.69 Å². The van der Waals surface area contributed by atoms with Crippen LogP contribution in [0.2, 0.25) is 0 Å². The van der Waals surface area contributed by atoms with E-state index < -0.39 is 20.9 Å². The Morgan fingerprint density at radius 3 is 2.33 bits per heavy atom. The third-order valence-corrected chi connectivity index (χ3v) is 8.00. The van der Waals surface area contributed by atoms with Gasteiger partial charge in [0.05, 0.1) is 16.0 Å². The number of hydrogen-bond acceptors (Lipinski definition) is 3. The summed E-state index contributed by atoms with van der Waals surface area (Å²) in [6.07, 6.45) is 5.12. The van der Waals surface area contributed by atoms with E-state index in [2.05, 4.69) is 0 Å². The van der Waals surface area contributed by atoms with Gasteiger partial charge in [0.15, 0.2) is 5.78 Å². The minimum absolute atomic E-state index is 0.167. The number of carbonyl (C=O) groups is 1. The number of sulfonamides is 1. The van der Waals surface area contributed by atoms with Gasteiger partial charge < -0.3 is 0 Å². The Kier molecular flexibility index (Phi) is 4.93. The molecule has 1 aliphatic carbocycles. The Labute approximate surface area is 179 Å². The van der Waals surface area contributed by atoms with Gasteiger partial charge in [0, 0.05) is 11.6 Å². The normalized spacial score (nSPS) is 21.5. The molecule has 0 amide bonds. The molecule has 1 aliphatic heterocycles. The van der Waals surface area contributed by atoms with Crippen molar-refractivity contribution < 1.29 is 13.2 Å². The number of hydrogen-bond donors (Lipinski definition) is 0. The molecule has 2 aromatic rings. The van der Waals surface area contributed by atoms with Crippen molar-refractivity contribution in [2.75, 3.05) is 4.31 Å². The number of rotatable bonds is 3. The minimum atomic E-state index is -3.79. The number of para-hydroxylation sites is 1. The van der Waals surface area contributed by atoms with E-state index in [-0.39, 0.29) is 10.7 Å². The maximum atomic E-state index is 13.8. The van der Waals surface area contributed by atoms with Gasteiger partial charge in [-0.15, -0.1) is 0 Å². The Hall–Kier alpha value is -2.40. The van der Waals surface area contributed by atoms with Crippen LogP contribution >= 0.6 is 0 Å². The number of ketones is 1. The fourth-order valence-electron chi connectivity index (χ4n) is 4.84. The van der Waals surface area contributed by atoms with Crippen LogP contribution in [0.3, 0.4) is 0 Å². The van der Waals surface area contributed by atoms with Crippen LogP contribution in [0.4, 0.5) is 5.69 Å². The smallest absolute Gasteiger partial charge is 0.268 e. The van der Waals surface area contributed by atoms with Crippen molar-refractivity contribution >= 4 is 21.5 Å². The Balaban J connectivity index is 1.96. The average Bonchev–Trinajstić information content (AvgIpc) is 2.72. The molecule has 1 saturated carbocycles. The summed E-state index contributed by atoms with van der Waals surface area (Å²) in [6, 6.07) is 14.4. The van der Waals surface area contributed by atoms with Gasteiger partial charge in [-0.25, -0.2) is 12.7 Å². The van der Waals surface area contributed by atoms with Gasteiger partial charge in [0.1, 0.15) is 0 Å². The van der Waals surface area contributed by atoms with E-state index in [1.165, 1.54) is 4.31 Å². The van der Waals surface area contributed by atoms with Gasteiger partial charge >= 0.3 is 0 Å². The molecule has 4 rings (SSSR count). The van der Waals surface area contributed by atoms with Crippen molar-refractivity contribution in [3.8, 4) is 0 Å². The van der Waals surface area contributed by atoms with E-state index in [4.69, 9.17) is 0 Å². The van der Waals surface area contributed by atoms with Gasteiger partial charge in [-0.2, -0.15) is 0 Å². The molecule has 0 saturated heterocycles. The lowest BCUT2D eigenvalue weighted by Crippen LogP contribution is -2.49. The van der Waals surface area contributed by atoms with E-state index in [1.807, 2.05) is 64.1 Å². The second kappa shape index (κ2) is 7.09. The zero-order valence-electron chi connectivity index (χ0n) is 18.1. The predicted molar refractivity (Wildman–Crippen MR) is 120 cm³/mol. The summed E-state index contributed by atoms with van der Waals surface area (Å²) in [7, 11) is -3.79. The number of Topliss-reactive ketones (excluding diaryl/α,β-unsaturated/α-hetero) is 1. The number of fused-ring (bicyclic) bond motifs is 3. The second-order valence-corrected chi connectivity index (χ2v) is 11.3. The highest BCUT2D eigenvalue weighted by Crippen LogP contribution is 2.53. The van der Waals surface area contributed by atoms with Gasteiger partial charge in [-0.05, 0) is 55.5 Å². The standard InChI is InChI=1S/C25H29NO3S/c1-18-12-14-20(15-13-18)30(28,29)26-17-19-9-7-8-16-25(19,23(27)24(2,3)4)21-10-5-6-11-22(21)26/h5-6,10-15,17H,7-9,16H2,1-4H3. The summed E-state index contributed by atoms with van der Waals surface area (Å²) in [5, 5.41) is 0. The molecule has 2 aromatic carbocycles. The summed E-state index contributed by atoms with van der Waals surface area (Å²) in [4.78, 5) is 14.0. The molecule has 5 heteroatoms. The molecule has 0 N–H and O–H groups in total. The molecule has 2 aliphatic rings. The summed E-state index contributed by atoms with van der Waals surface area (Å²) in [5.74, 6) is 0.167. The van der Waals surface area contributed by atoms with Crippen molar-refractivity contribution in [3.05, 3.63) is 71.4 Å². The van der Waals surface area contributed by atoms with E-state index >= 15 is 0 Å². The predicted octanol–water partition coefficient (Wildman–Crippen LogP) is 5.51. The lowest BCUT2D eigenvalue weighted by atomic mass is 9.58. The maximum absolute atomic E-state index is 13.8. The molecule has 1 fully saturated rings. The molecule has 1 atom stereocenters. The summed E-state index contributed by atoms with van der Waals surface area (Å²) in [5.41, 5.74) is 2.06. The van der Waals surface area contributed by atoms with Crippen LogP contribution in [0.15, 0.2) is 65.2 Å². The molecule has 30 heavy (non-hydrogen) atoms. The quantitative estimate of drug-likeness (QED) is 0.654. The molecule has 1 heterocycles. The molecule has 1 unspecified atom stereocenters. The van der Waals surface area contributed by atoms with E-state index in [9.17, 15) is 13.2 Å². The molecule has 0 aromatic heterocycles. The molecular weight excluding hydrogens is 394 g/mol. The van der Waals surface area contributed by atoms with Crippen LogP contribution in [0.25, 0.3) is 0 Å². The third-order valence-electron chi connectivity index (χ3n) is 6.32. The van der Waals surface area contributed by atoms with Crippen LogP contribution in [0.1, 0.15) is 57.6 Å². The van der Waals surface area contributed by atoms with E-state index in [1.54, 1.807) is 18.3 Å². The molecule has 0 spiro atoms. The van der Waals surface area contributed by atoms with Gasteiger partial charge in [0.25, 0.3) is 10.0 Å². The van der Waals surface area contributed by atoms with Crippen LogP contribution in [0.5, 0.6) is 0 Å². The van der Waals surface area contributed by atoms with Crippen molar-refractivity contribution in [1.29, 1.82) is 0 Å². The second-order valence-electron chi connectivity index (χ2n) is 9.48. The highest BCUT2D eigenvalue weighted by atomic mass is 32.2. The zero-order valence-corrected chi connectivity index (χ0v) is 18.9. The number of benzene rings is 2. The lowest BCUT2D eigenvalue weighted by Gasteiger charge is -2.47. The van der Waals surface area contributed by atoms with Crippen LogP contribution in [-0.2, 0) is 20.2 Å². The molecule has 0 bridgehead atoms. The Morgan fingerprint density at radius 1 is 1.00 bits per heavy atom. The number of aryl methyl sites for hydroxylation is 1. The van der Waals surface area contributed by atoms with Crippen LogP contribution in [-0.4, -0.2) is 14.2 Å². The number of anilines is 1. The van der Waals surface area contributed by atoms with Crippen molar-refractivity contribution in [3.63, 3.8) is 0 Å². The molecule has 4 nitrogen and oxygen atoms in total. The fraction of sp³-hybridized carbons (Fsp3) is 0.400. The topological polar surface area (TPSA) is 54.5 Å². The number of carbonyl (C=O) groups excluding carboxylic acids is 1. The van der Waals surface area contributed by atoms with Gasteiger partial charge in [0.2, 0.25) is 0 Å². The van der Waals surface area contributed by atoms with Crippen LogP contribution < -0.4 is 4.31 Å². The lowest BCUT2D eigenvalue weighted by molar-refractivity contribution is -0.131. The largest absolute Gasteiger partial charge is 0.298 e. The zero-order chi connectivity index (χ0) is 21.7. The first kappa shape index (κ1) is 20.9. The Morgan fingerprint density at radius 2 is 1.67 bits per heavy atom. The van der Waals surface area contributed by atoms with Crippen molar-refractivity contribution in [2.45, 2.75) is 63.7 Å². The minimum Gasteiger partial charge on any atom is -0.298 e. The molecule has 158 valence electrons. The van der Waals surface area contributed by atoms with Gasteiger partial charge in [-0.3, -0.25) is 4.79 Å². The first-order valence-corrected chi connectivity index (χ1v) is 12.0. The fourth-order valence-corrected chi connectivity index (χ4v) is 6.24. The average molecular weight is 424 g/mol. The van der Waals surface area contributed by atoms with E-state index in [0.717, 1.165) is 42.4 Å². The highest BCUT2D eigenvalue weighted by molar-refractivity contribution is 7.93. The first-order valence-electron chi connectivity index (χ1n) is 10.6.